The summed E-state index contributed by atoms with van der Waals surface area (Å²) >= 11 is 1.69. The molecule has 0 amide bonds. The van der Waals surface area contributed by atoms with Gasteiger partial charge < -0.3 is 15.4 Å². The summed E-state index contributed by atoms with van der Waals surface area (Å²) in [5.74, 6) is 2.37. The smallest absolute Gasteiger partial charge is 0.224 e. The molecule has 5 rings (SSSR count). The number of fused-ring (bicyclic) bond motifs is 1. The number of anilines is 2. The predicted octanol–water partition coefficient (Wildman–Crippen LogP) is 5.35. The SMILES string of the molecule is CN=[N+]=NC(C)(C)C1CCC(Nc2nc(NCCOC)nc(C)c2-c2nc3c(C4CC4)nccc3s2)C1. The third kappa shape index (κ3) is 5.63. The minimum atomic E-state index is -0.257. The fourth-order valence-corrected chi connectivity index (χ4v) is 6.17. The summed E-state index contributed by atoms with van der Waals surface area (Å²) in [6.45, 7) is 7.53. The van der Waals surface area contributed by atoms with Crippen molar-refractivity contribution in [2.24, 2.45) is 16.1 Å². The molecule has 3 heterocycles. The van der Waals surface area contributed by atoms with Crippen LogP contribution in [-0.4, -0.2) is 58.8 Å². The second kappa shape index (κ2) is 10.8. The molecule has 37 heavy (non-hydrogen) atoms. The maximum absolute atomic E-state index is 5.19. The molecule has 10 nitrogen and oxygen atoms in total. The lowest BCUT2D eigenvalue weighted by Gasteiger charge is -2.22. The van der Waals surface area contributed by atoms with Crippen molar-refractivity contribution < 1.29 is 4.74 Å². The topological polar surface area (TPSA) is 124 Å². The Morgan fingerprint density at radius 1 is 1.19 bits per heavy atom. The van der Waals surface area contributed by atoms with Gasteiger partial charge in [-0.05, 0) is 64.9 Å². The second-order valence-corrected chi connectivity index (χ2v) is 11.5. The molecular formula is C26H36N9OS+. The lowest BCUT2D eigenvalue weighted by Crippen LogP contribution is -2.29. The first-order valence-corrected chi connectivity index (χ1v) is 13.9. The largest absolute Gasteiger partial charge is 0.383 e. The molecule has 0 spiro atoms. The van der Waals surface area contributed by atoms with Gasteiger partial charge in [0.05, 0.1) is 28.3 Å². The van der Waals surface area contributed by atoms with Crippen LogP contribution in [0.3, 0.4) is 0 Å². The highest BCUT2D eigenvalue weighted by Crippen LogP contribution is 2.45. The van der Waals surface area contributed by atoms with E-state index >= 15 is 0 Å². The van der Waals surface area contributed by atoms with Crippen LogP contribution >= 0.6 is 11.3 Å². The summed E-state index contributed by atoms with van der Waals surface area (Å²) in [5.41, 5.74) is 3.75. The molecule has 2 atom stereocenters. The quantitative estimate of drug-likeness (QED) is 0.209. The van der Waals surface area contributed by atoms with Crippen LogP contribution < -0.4 is 15.5 Å². The minimum Gasteiger partial charge on any atom is -0.383 e. The van der Waals surface area contributed by atoms with Crippen LogP contribution in [-0.2, 0) is 4.74 Å². The number of hydrogen-bond acceptors (Lipinski definition) is 10. The lowest BCUT2D eigenvalue weighted by atomic mass is 9.87. The van der Waals surface area contributed by atoms with Crippen molar-refractivity contribution in [3.8, 4) is 10.6 Å². The van der Waals surface area contributed by atoms with Crippen LogP contribution in [0, 0.1) is 12.8 Å². The second-order valence-electron chi connectivity index (χ2n) is 10.5. The molecule has 0 bridgehead atoms. The van der Waals surface area contributed by atoms with Gasteiger partial charge in [0.25, 0.3) is 0 Å². The van der Waals surface area contributed by atoms with E-state index in [9.17, 15) is 0 Å². The van der Waals surface area contributed by atoms with E-state index in [1.54, 1.807) is 25.5 Å². The first kappa shape index (κ1) is 25.6. The molecule has 3 aromatic rings. The third-order valence-electron chi connectivity index (χ3n) is 7.36. The zero-order chi connectivity index (χ0) is 26.0. The molecule has 2 N–H and O–H groups in total. The predicted molar refractivity (Wildman–Crippen MR) is 147 cm³/mol. The molecule has 196 valence electrons. The van der Waals surface area contributed by atoms with E-state index in [2.05, 4.69) is 50.7 Å². The van der Waals surface area contributed by atoms with Gasteiger partial charge in [-0.25, -0.2) is 9.97 Å². The highest BCUT2D eigenvalue weighted by Gasteiger charge is 2.40. The van der Waals surface area contributed by atoms with Crippen LogP contribution in [0.1, 0.15) is 63.3 Å². The summed E-state index contributed by atoms with van der Waals surface area (Å²) in [4.78, 5) is 23.4. The number of hydrogen-bond donors (Lipinski definition) is 2. The van der Waals surface area contributed by atoms with E-state index in [0.717, 1.165) is 57.3 Å². The first-order chi connectivity index (χ1) is 17.9. The lowest BCUT2D eigenvalue weighted by molar-refractivity contribution is 0.210. The number of thiazole rings is 1. The molecule has 2 saturated carbocycles. The Balaban J connectivity index is 1.48. The Kier molecular flexibility index (Phi) is 7.46. The van der Waals surface area contributed by atoms with E-state index in [-0.39, 0.29) is 11.6 Å². The Hall–Kier alpha value is -3.01. The van der Waals surface area contributed by atoms with Crippen molar-refractivity contribution in [2.45, 2.75) is 70.4 Å². The van der Waals surface area contributed by atoms with Gasteiger partial charge in [0.1, 0.15) is 39.2 Å². The highest BCUT2D eigenvalue weighted by molar-refractivity contribution is 7.21. The number of aromatic nitrogens is 4. The summed E-state index contributed by atoms with van der Waals surface area (Å²) < 4.78 is 6.36. The number of pyridine rings is 1. The molecule has 3 aromatic heterocycles. The molecule has 2 unspecified atom stereocenters. The van der Waals surface area contributed by atoms with Gasteiger partial charge in [0.2, 0.25) is 10.9 Å². The Morgan fingerprint density at radius 2 is 2.03 bits per heavy atom. The molecule has 0 aromatic carbocycles. The van der Waals surface area contributed by atoms with Crippen LogP contribution in [0.2, 0.25) is 0 Å². The van der Waals surface area contributed by atoms with Gasteiger partial charge in [-0.2, -0.15) is 4.98 Å². The van der Waals surface area contributed by atoms with Crippen LogP contribution in [0.4, 0.5) is 11.8 Å². The number of rotatable bonds is 10. The fourth-order valence-electron chi connectivity index (χ4n) is 5.10. The standard InChI is InChI=1S/C26H36N9OS/c1-15-20(24-32-22-19(37-24)10-11-28-21(22)16-6-7-16)23(33-25(30-15)29-12-13-36-5)31-18-9-8-17(14-18)26(2,3)34-35-27-4/h10-11,16-18H,6-9,12-14H2,1-5H3,(H2,29,30,31,33)/q+1. The highest BCUT2D eigenvalue weighted by atomic mass is 32.1. The zero-order valence-corrected chi connectivity index (χ0v) is 23.1. The van der Waals surface area contributed by atoms with Crippen molar-refractivity contribution in [1.82, 2.24) is 24.8 Å². The first-order valence-electron chi connectivity index (χ1n) is 13.0. The minimum absolute atomic E-state index is 0.257. The number of nitrogens with one attached hydrogen (secondary N) is 2. The Bertz CT molecular complexity index is 1330. The summed E-state index contributed by atoms with van der Waals surface area (Å²) in [6, 6.07) is 2.34. The summed E-state index contributed by atoms with van der Waals surface area (Å²) in [7, 11) is 3.34. The Morgan fingerprint density at radius 3 is 2.78 bits per heavy atom. The van der Waals surface area contributed by atoms with E-state index in [4.69, 9.17) is 19.7 Å². The number of aryl methyl sites for hydroxylation is 1. The molecule has 2 aliphatic carbocycles. The van der Waals surface area contributed by atoms with E-state index in [1.807, 2.05) is 13.1 Å². The van der Waals surface area contributed by atoms with Crippen molar-refractivity contribution in [2.75, 3.05) is 37.9 Å². The third-order valence-corrected chi connectivity index (χ3v) is 8.40. The fraction of sp³-hybridized carbons (Fsp3) is 0.615. The molecular weight excluding hydrogens is 486 g/mol. The van der Waals surface area contributed by atoms with Gasteiger partial charge in [-0.3, -0.25) is 4.98 Å². The van der Waals surface area contributed by atoms with Gasteiger partial charge in [0, 0.05) is 31.8 Å². The van der Waals surface area contributed by atoms with Crippen molar-refractivity contribution in [3.63, 3.8) is 0 Å². The molecule has 0 radical (unpaired) electrons. The van der Waals surface area contributed by atoms with Gasteiger partial charge in [-0.1, -0.05) is 0 Å². The van der Waals surface area contributed by atoms with E-state index in [1.165, 1.54) is 12.8 Å². The normalized spacial score (nSPS) is 19.6. The molecule has 2 aliphatic rings. The van der Waals surface area contributed by atoms with Gasteiger partial charge in [0.15, 0.2) is 0 Å². The summed E-state index contributed by atoms with van der Waals surface area (Å²) in [5, 5.41) is 16.3. The van der Waals surface area contributed by atoms with Crippen molar-refractivity contribution >= 4 is 33.3 Å². The van der Waals surface area contributed by atoms with Crippen LogP contribution in [0.15, 0.2) is 22.5 Å². The van der Waals surface area contributed by atoms with Crippen molar-refractivity contribution in [1.29, 1.82) is 0 Å². The van der Waals surface area contributed by atoms with Crippen LogP contribution in [0.25, 0.3) is 20.8 Å². The van der Waals surface area contributed by atoms with Gasteiger partial charge in [-0.15, -0.1) is 11.3 Å². The molecule has 11 heteroatoms. The average Bonchev–Trinajstić information content (AvgIpc) is 3.44. The monoisotopic (exact) mass is 522 g/mol. The maximum atomic E-state index is 5.19. The zero-order valence-electron chi connectivity index (χ0n) is 22.3. The van der Waals surface area contributed by atoms with Gasteiger partial charge >= 0.3 is 0 Å². The maximum Gasteiger partial charge on any atom is 0.224 e. The van der Waals surface area contributed by atoms with Crippen LogP contribution in [0.5, 0.6) is 0 Å². The average molecular weight is 523 g/mol. The van der Waals surface area contributed by atoms with Crippen molar-refractivity contribution in [3.05, 3.63) is 23.7 Å². The van der Waals surface area contributed by atoms with E-state index in [0.29, 0.717) is 30.9 Å². The summed E-state index contributed by atoms with van der Waals surface area (Å²) in [6.07, 6.45) is 7.40. The Labute approximate surface area is 221 Å². The molecule has 0 aliphatic heterocycles. The number of methoxy groups -OCH3 is 1. The number of ether oxygens (including phenoxy) is 1. The van der Waals surface area contributed by atoms with E-state index < -0.39 is 0 Å². The number of nitrogens with zero attached hydrogens (tertiary/aromatic N) is 7. The molecule has 0 saturated heterocycles. The molecule has 2 fully saturated rings.